The maximum atomic E-state index is 11.4. The van der Waals surface area contributed by atoms with Crippen LogP contribution in [0.4, 0.5) is 0 Å². The van der Waals surface area contributed by atoms with Crippen molar-refractivity contribution in [3.63, 3.8) is 0 Å². The Balaban J connectivity index is 1.98. The minimum absolute atomic E-state index is 0.167. The molecule has 106 valence electrons. The van der Waals surface area contributed by atoms with Crippen LogP contribution in [0.25, 0.3) is 11.0 Å². The van der Waals surface area contributed by atoms with Crippen LogP contribution in [0.5, 0.6) is 0 Å². The maximum Gasteiger partial charge on any atom is 0.314 e. The van der Waals surface area contributed by atoms with Crippen LogP contribution in [0, 0.1) is 5.92 Å². The zero-order chi connectivity index (χ0) is 14.3. The zero-order valence-corrected chi connectivity index (χ0v) is 11.7. The first-order valence-corrected chi connectivity index (χ1v) is 7.00. The highest BCUT2D eigenvalue weighted by Crippen LogP contribution is 2.36. The van der Waals surface area contributed by atoms with E-state index in [2.05, 4.69) is 9.97 Å². The van der Waals surface area contributed by atoms with Crippen LogP contribution in [-0.2, 0) is 4.74 Å². The number of rotatable bonds is 2. The Morgan fingerprint density at radius 3 is 2.60 bits per heavy atom. The maximum absolute atomic E-state index is 11.4. The first kappa shape index (κ1) is 13.4. The largest absolute Gasteiger partial charge is 0.378 e. The van der Waals surface area contributed by atoms with Gasteiger partial charge in [0.15, 0.2) is 0 Å². The highest BCUT2D eigenvalue weighted by molar-refractivity contribution is 6.21. The summed E-state index contributed by atoms with van der Waals surface area (Å²) in [6, 6.07) is 5.45. The molecule has 2 aromatic rings. The van der Waals surface area contributed by atoms with Crippen molar-refractivity contribution in [1.82, 2.24) is 9.97 Å². The second-order valence-electron chi connectivity index (χ2n) is 5.25. The molecule has 3 atom stereocenters. The molecular formula is C14H15ClN2O3. The van der Waals surface area contributed by atoms with Crippen molar-refractivity contribution >= 4 is 22.6 Å². The Bertz CT molecular complexity index is 752. The van der Waals surface area contributed by atoms with E-state index < -0.39 is 11.1 Å². The number of halogens is 1. The van der Waals surface area contributed by atoms with E-state index >= 15 is 0 Å². The average molecular weight is 295 g/mol. The van der Waals surface area contributed by atoms with Crippen molar-refractivity contribution in [2.75, 3.05) is 6.61 Å². The number of H-pyrrole nitrogens is 2. The highest BCUT2D eigenvalue weighted by Gasteiger charge is 2.29. The van der Waals surface area contributed by atoms with Crippen molar-refractivity contribution in [3.05, 3.63) is 44.5 Å². The van der Waals surface area contributed by atoms with E-state index in [1.54, 1.807) is 6.07 Å². The minimum Gasteiger partial charge on any atom is -0.378 e. The van der Waals surface area contributed by atoms with Crippen LogP contribution in [-0.4, -0.2) is 22.7 Å². The first-order valence-electron chi connectivity index (χ1n) is 6.56. The van der Waals surface area contributed by atoms with E-state index in [9.17, 15) is 9.59 Å². The van der Waals surface area contributed by atoms with Gasteiger partial charge in [0.2, 0.25) is 0 Å². The van der Waals surface area contributed by atoms with Gasteiger partial charge in [0, 0.05) is 5.92 Å². The molecule has 0 saturated carbocycles. The summed E-state index contributed by atoms with van der Waals surface area (Å²) in [4.78, 5) is 27.7. The van der Waals surface area contributed by atoms with Crippen LogP contribution < -0.4 is 11.1 Å². The molecule has 2 heterocycles. The molecule has 0 spiro atoms. The summed E-state index contributed by atoms with van der Waals surface area (Å²) in [6.07, 6.45) is 1.16. The number of benzene rings is 1. The molecule has 2 N–H and O–H groups in total. The van der Waals surface area contributed by atoms with Gasteiger partial charge >= 0.3 is 11.1 Å². The molecule has 0 radical (unpaired) electrons. The van der Waals surface area contributed by atoms with E-state index in [1.807, 2.05) is 19.1 Å². The third-order valence-electron chi connectivity index (χ3n) is 3.71. The lowest BCUT2D eigenvalue weighted by molar-refractivity contribution is 0.120. The van der Waals surface area contributed by atoms with E-state index in [0.717, 1.165) is 12.0 Å². The predicted octanol–water partition coefficient (Wildman–Crippen LogP) is 1.92. The molecule has 0 bridgehead atoms. The van der Waals surface area contributed by atoms with Crippen molar-refractivity contribution in [2.45, 2.75) is 24.8 Å². The summed E-state index contributed by atoms with van der Waals surface area (Å²) in [5.74, 6) is 0.263. The molecule has 20 heavy (non-hydrogen) atoms. The van der Waals surface area contributed by atoms with Crippen LogP contribution >= 0.6 is 11.6 Å². The van der Waals surface area contributed by atoms with Gasteiger partial charge in [-0.05, 0) is 31.0 Å². The van der Waals surface area contributed by atoms with Gasteiger partial charge in [-0.1, -0.05) is 6.07 Å². The van der Waals surface area contributed by atoms with Crippen molar-refractivity contribution < 1.29 is 4.74 Å². The Labute approximate surface area is 119 Å². The molecule has 6 heteroatoms. The van der Waals surface area contributed by atoms with E-state index in [-0.39, 0.29) is 17.4 Å². The number of nitrogens with one attached hydrogen (secondary N) is 2. The molecule has 1 aromatic carbocycles. The van der Waals surface area contributed by atoms with Gasteiger partial charge in [-0.2, -0.15) is 0 Å². The van der Waals surface area contributed by atoms with Gasteiger partial charge in [-0.3, -0.25) is 9.59 Å². The molecule has 1 aliphatic heterocycles. The first-order chi connectivity index (χ1) is 9.54. The van der Waals surface area contributed by atoms with Gasteiger partial charge in [0.1, 0.15) is 0 Å². The van der Waals surface area contributed by atoms with E-state index in [0.29, 0.717) is 17.6 Å². The Morgan fingerprint density at radius 2 is 1.95 bits per heavy atom. The van der Waals surface area contributed by atoms with E-state index in [1.165, 1.54) is 0 Å². The fourth-order valence-corrected chi connectivity index (χ4v) is 2.94. The second-order valence-corrected chi connectivity index (χ2v) is 5.72. The normalized spacial score (nSPS) is 24.1. The van der Waals surface area contributed by atoms with Gasteiger partial charge in [-0.15, -0.1) is 11.6 Å². The predicted molar refractivity (Wildman–Crippen MR) is 77.3 cm³/mol. The quantitative estimate of drug-likeness (QED) is 0.656. The topological polar surface area (TPSA) is 75.0 Å². The molecule has 1 aliphatic rings. The molecule has 1 fully saturated rings. The Morgan fingerprint density at radius 1 is 1.25 bits per heavy atom. The Hall–Kier alpha value is -1.59. The summed E-state index contributed by atoms with van der Waals surface area (Å²) in [6.45, 7) is 2.68. The molecule has 3 unspecified atom stereocenters. The minimum atomic E-state index is -0.654. The van der Waals surface area contributed by atoms with E-state index in [4.69, 9.17) is 16.3 Å². The number of hydrogen-bond donors (Lipinski definition) is 2. The summed E-state index contributed by atoms with van der Waals surface area (Å²) < 4.78 is 5.54. The molecular weight excluding hydrogens is 280 g/mol. The van der Waals surface area contributed by atoms with Gasteiger partial charge < -0.3 is 14.7 Å². The second kappa shape index (κ2) is 5.07. The summed E-state index contributed by atoms with van der Waals surface area (Å²) >= 11 is 6.51. The standard InChI is InChI=1S/C14H15ClN2O3/c1-7-4-9(6-20-7)12(15)8-2-3-10-11(5-8)17-14(19)13(18)16-10/h2-3,5,7,9,12H,4,6H2,1H3,(H,16,18)(H,17,19). The fraction of sp³-hybridized carbons (Fsp3) is 0.429. The molecule has 3 rings (SSSR count). The molecule has 0 aliphatic carbocycles. The fourth-order valence-electron chi connectivity index (χ4n) is 2.63. The van der Waals surface area contributed by atoms with Crippen molar-refractivity contribution in [2.24, 2.45) is 5.92 Å². The SMILES string of the molecule is CC1CC(C(Cl)c2ccc3[nH]c(=O)c(=O)[nH]c3c2)CO1. The zero-order valence-electron chi connectivity index (χ0n) is 11.0. The number of hydrogen-bond acceptors (Lipinski definition) is 3. The van der Waals surface area contributed by atoms with Gasteiger partial charge in [0.05, 0.1) is 29.1 Å². The monoisotopic (exact) mass is 294 g/mol. The smallest absolute Gasteiger partial charge is 0.314 e. The Kier molecular flexibility index (Phi) is 3.40. The average Bonchev–Trinajstić information content (AvgIpc) is 2.85. The lowest BCUT2D eigenvalue weighted by atomic mass is 9.96. The van der Waals surface area contributed by atoms with Crippen molar-refractivity contribution in [1.29, 1.82) is 0 Å². The third kappa shape index (κ3) is 2.39. The third-order valence-corrected chi connectivity index (χ3v) is 4.32. The van der Waals surface area contributed by atoms with Crippen molar-refractivity contribution in [3.8, 4) is 0 Å². The highest BCUT2D eigenvalue weighted by atomic mass is 35.5. The summed E-state index contributed by atoms with van der Waals surface area (Å²) in [5.41, 5.74) is 0.803. The van der Waals surface area contributed by atoms with Crippen LogP contribution in [0.2, 0.25) is 0 Å². The number of aromatic nitrogens is 2. The molecule has 0 amide bonds. The number of aromatic amines is 2. The summed E-state index contributed by atoms with van der Waals surface area (Å²) in [7, 11) is 0. The number of ether oxygens (including phenoxy) is 1. The summed E-state index contributed by atoms with van der Waals surface area (Å²) in [5, 5.41) is -0.167. The number of alkyl halides is 1. The molecule has 5 nitrogen and oxygen atoms in total. The lowest BCUT2D eigenvalue weighted by Gasteiger charge is -2.16. The van der Waals surface area contributed by atoms with Gasteiger partial charge in [-0.25, -0.2) is 0 Å². The van der Waals surface area contributed by atoms with Gasteiger partial charge in [0.25, 0.3) is 0 Å². The van der Waals surface area contributed by atoms with Crippen LogP contribution in [0.3, 0.4) is 0 Å². The van der Waals surface area contributed by atoms with Crippen LogP contribution in [0.1, 0.15) is 24.3 Å². The lowest BCUT2D eigenvalue weighted by Crippen LogP contribution is -2.28. The molecule has 1 saturated heterocycles. The van der Waals surface area contributed by atoms with Crippen LogP contribution in [0.15, 0.2) is 27.8 Å². The molecule has 1 aromatic heterocycles. The number of fused-ring (bicyclic) bond motifs is 1.